The molecule has 2 N–H and O–H groups in total. The monoisotopic (exact) mass is 355 g/mol. The lowest BCUT2D eigenvalue weighted by Crippen LogP contribution is -2.44. The van der Waals surface area contributed by atoms with Crippen molar-refractivity contribution in [1.29, 1.82) is 0 Å². The summed E-state index contributed by atoms with van der Waals surface area (Å²) < 4.78 is 5.44. The topological polar surface area (TPSA) is 53.6 Å². The fourth-order valence-electron chi connectivity index (χ4n) is 2.83. The van der Waals surface area contributed by atoms with E-state index in [4.69, 9.17) is 11.2 Å². The minimum Gasteiger partial charge on any atom is -0.379 e. The Balaban J connectivity index is 1.60. The largest absolute Gasteiger partial charge is 0.379 e. The van der Waals surface area contributed by atoms with E-state index < -0.39 is 0 Å². The van der Waals surface area contributed by atoms with Crippen LogP contribution in [0.25, 0.3) is 0 Å². The zero-order valence-electron chi connectivity index (χ0n) is 13.9. The Morgan fingerprint density at radius 2 is 2.16 bits per heavy atom. The van der Waals surface area contributed by atoms with Crippen molar-refractivity contribution in [2.45, 2.75) is 6.04 Å². The average Bonchev–Trinajstić information content (AvgIpc) is 3.17. The van der Waals surface area contributed by atoms with Gasteiger partial charge in [0.25, 0.3) is 0 Å². The summed E-state index contributed by atoms with van der Waals surface area (Å²) in [6.45, 7) is 3.74. The predicted octanol–water partition coefficient (Wildman–Crippen LogP) is 2.92. The normalized spacial score (nSPS) is 16.0. The molecule has 130 valence electrons. The van der Waals surface area contributed by atoms with E-state index in [2.05, 4.69) is 32.9 Å². The van der Waals surface area contributed by atoms with Gasteiger partial charge in [-0.15, -0.1) is 17.8 Å². The van der Waals surface area contributed by atoms with E-state index in [1.54, 1.807) is 17.4 Å². The van der Waals surface area contributed by atoms with Crippen molar-refractivity contribution in [3.63, 3.8) is 0 Å². The number of nitrogens with zero attached hydrogens (tertiary/aromatic N) is 1. The van der Waals surface area contributed by atoms with Gasteiger partial charge in [-0.3, -0.25) is 4.90 Å². The standard InChI is InChI=1S/C19H21N3O2S/c1-2-15-5-3-6-16(13-15)21-19(23)20-14-17(18-7-4-12-25-18)22-8-10-24-11-9-22/h1,3-7,12-13,17H,8-11,14H2,(H2,20,21,23)/t17-/m1/s1. The summed E-state index contributed by atoms with van der Waals surface area (Å²) >= 11 is 1.71. The number of rotatable bonds is 5. The molecule has 0 bridgehead atoms. The molecule has 1 aliphatic heterocycles. The fraction of sp³-hybridized carbons (Fsp3) is 0.316. The van der Waals surface area contributed by atoms with Crippen LogP contribution in [0.1, 0.15) is 16.5 Å². The Bertz CT molecular complexity index is 733. The van der Waals surface area contributed by atoms with Gasteiger partial charge in [0.1, 0.15) is 0 Å². The molecule has 0 spiro atoms. The van der Waals surface area contributed by atoms with Gasteiger partial charge in [0.2, 0.25) is 0 Å². The van der Waals surface area contributed by atoms with Gasteiger partial charge in [0.15, 0.2) is 0 Å². The average molecular weight is 355 g/mol. The number of terminal acetylenes is 1. The van der Waals surface area contributed by atoms with Crippen molar-refractivity contribution in [2.75, 3.05) is 38.2 Å². The first-order valence-corrected chi connectivity index (χ1v) is 9.11. The van der Waals surface area contributed by atoms with E-state index in [1.807, 2.05) is 24.3 Å². The van der Waals surface area contributed by atoms with E-state index in [0.717, 1.165) is 31.9 Å². The number of ether oxygens (including phenoxy) is 1. The first-order chi connectivity index (χ1) is 12.3. The van der Waals surface area contributed by atoms with Gasteiger partial charge in [-0.2, -0.15) is 0 Å². The van der Waals surface area contributed by atoms with Gasteiger partial charge in [0, 0.05) is 35.8 Å². The summed E-state index contributed by atoms with van der Waals surface area (Å²) in [6.07, 6.45) is 5.39. The van der Waals surface area contributed by atoms with Crippen molar-refractivity contribution < 1.29 is 9.53 Å². The van der Waals surface area contributed by atoms with E-state index in [9.17, 15) is 4.79 Å². The lowest BCUT2D eigenvalue weighted by atomic mass is 10.2. The highest BCUT2D eigenvalue weighted by atomic mass is 32.1. The second-order valence-electron chi connectivity index (χ2n) is 5.74. The molecule has 25 heavy (non-hydrogen) atoms. The maximum Gasteiger partial charge on any atom is 0.319 e. The Morgan fingerprint density at radius 1 is 1.32 bits per heavy atom. The molecule has 0 unspecified atom stereocenters. The summed E-state index contributed by atoms with van der Waals surface area (Å²) in [5, 5.41) is 7.88. The number of anilines is 1. The third-order valence-electron chi connectivity index (χ3n) is 4.10. The third kappa shape index (κ3) is 4.83. The molecule has 1 fully saturated rings. The van der Waals surface area contributed by atoms with Crippen LogP contribution < -0.4 is 10.6 Å². The SMILES string of the molecule is C#Cc1cccc(NC(=O)NC[C@H](c2cccs2)N2CCOCC2)c1. The summed E-state index contributed by atoms with van der Waals surface area (Å²) in [5.41, 5.74) is 1.43. The second kappa shape index (κ2) is 8.67. The Labute approximate surface area is 152 Å². The smallest absolute Gasteiger partial charge is 0.319 e. The highest BCUT2D eigenvalue weighted by molar-refractivity contribution is 7.10. The van der Waals surface area contributed by atoms with E-state index in [1.165, 1.54) is 4.88 Å². The zero-order chi connectivity index (χ0) is 17.5. The molecule has 1 aliphatic rings. The number of morpholine rings is 1. The number of carbonyl (C=O) groups excluding carboxylic acids is 1. The predicted molar refractivity (Wildman–Crippen MR) is 101 cm³/mol. The maximum atomic E-state index is 12.3. The van der Waals surface area contributed by atoms with Gasteiger partial charge in [0.05, 0.1) is 19.3 Å². The van der Waals surface area contributed by atoms with Crippen LogP contribution in [-0.4, -0.2) is 43.8 Å². The quantitative estimate of drug-likeness (QED) is 0.811. The van der Waals surface area contributed by atoms with Gasteiger partial charge in [-0.25, -0.2) is 4.79 Å². The number of hydrogen-bond donors (Lipinski definition) is 2. The molecule has 1 saturated heterocycles. The highest BCUT2D eigenvalue weighted by Gasteiger charge is 2.23. The lowest BCUT2D eigenvalue weighted by molar-refractivity contribution is 0.0175. The van der Waals surface area contributed by atoms with Crippen molar-refractivity contribution in [2.24, 2.45) is 0 Å². The van der Waals surface area contributed by atoms with Crippen LogP contribution in [0.3, 0.4) is 0 Å². The van der Waals surface area contributed by atoms with E-state index in [-0.39, 0.29) is 12.1 Å². The molecule has 2 amide bonds. The third-order valence-corrected chi connectivity index (χ3v) is 5.07. The van der Waals surface area contributed by atoms with Crippen molar-refractivity contribution >= 4 is 23.1 Å². The van der Waals surface area contributed by atoms with Gasteiger partial charge in [-0.1, -0.05) is 18.1 Å². The van der Waals surface area contributed by atoms with Crippen molar-refractivity contribution in [3.05, 3.63) is 52.2 Å². The first-order valence-electron chi connectivity index (χ1n) is 8.23. The second-order valence-corrected chi connectivity index (χ2v) is 6.72. The molecule has 1 atom stereocenters. The van der Waals surface area contributed by atoms with E-state index in [0.29, 0.717) is 12.2 Å². The number of thiophene rings is 1. The molecule has 0 radical (unpaired) electrons. The van der Waals surface area contributed by atoms with Crippen LogP contribution in [0.2, 0.25) is 0 Å². The number of amides is 2. The molecule has 1 aromatic heterocycles. The number of urea groups is 1. The molecule has 2 heterocycles. The number of benzene rings is 1. The Hall–Kier alpha value is -2.33. The molecule has 3 rings (SSSR count). The van der Waals surface area contributed by atoms with Crippen LogP contribution in [0.15, 0.2) is 41.8 Å². The van der Waals surface area contributed by atoms with E-state index >= 15 is 0 Å². The molecule has 2 aromatic rings. The molecular weight excluding hydrogens is 334 g/mol. The van der Waals surface area contributed by atoms with Crippen molar-refractivity contribution in [1.82, 2.24) is 10.2 Å². The van der Waals surface area contributed by atoms with Crippen LogP contribution in [-0.2, 0) is 4.74 Å². The van der Waals surface area contributed by atoms with Gasteiger partial charge >= 0.3 is 6.03 Å². The zero-order valence-corrected chi connectivity index (χ0v) is 14.7. The number of carbonyl (C=O) groups is 1. The maximum absolute atomic E-state index is 12.3. The van der Waals surface area contributed by atoms with Crippen molar-refractivity contribution in [3.8, 4) is 12.3 Å². The summed E-state index contributed by atoms with van der Waals surface area (Å²) in [4.78, 5) is 15.9. The Kier molecular flexibility index (Phi) is 6.07. The summed E-state index contributed by atoms with van der Waals surface area (Å²) in [5.74, 6) is 2.56. The molecule has 1 aromatic carbocycles. The number of nitrogens with one attached hydrogen (secondary N) is 2. The Morgan fingerprint density at radius 3 is 2.88 bits per heavy atom. The minimum absolute atomic E-state index is 0.159. The van der Waals surface area contributed by atoms with Gasteiger partial charge < -0.3 is 15.4 Å². The van der Waals surface area contributed by atoms with Crippen LogP contribution in [0, 0.1) is 12.3 Å². The molecule has 0 saturated carbocycles. The number of hydrogen-bond acceptors (Lipinski definition) is 4. The van der Waals surface area contributed by atoms with Crippen LogP contribution >= 0.6 is 11.3 Å². The molecular formula is C19H21N3O2S. The molecule has 5 nitrogen and oxygen atoms in total. The van der Waals surface area contributed by atoms with Gasteiger partial charge in [-0.05, 0) is 29.6 Å². The highest BCUT2D eigenvalue weighted by Crippen LogP contribution is 2.25. The summed E-state index contributed by atoms with van der Waals surface area (Å²) in [7, 11) is 0. The lowest BCUT2D eigenvalue weighted by Gasteiger charge is -2.34. The summed E-state index contributed by atoms with van der Waals surface area (Å²) in [6, 6.07) is 11.3. The minimum atomic E-state index is -0.232. The fourth-order valence-corrected chi connectivity index (χ4v) is 3.69. The molecule has 0 aliphatic carbocycles. The van der Waals surface area contributed by atoms with Crippen LogP contribution in [0.5, 0.6) is 0 Å². The molecule has 6 heteroatoms. The first kappa shape index (κ1) is 17.5. The van der Waals surface area contributed by atoms with Crippen LogP contribution in [0.4, 0.5) is 10.5 Å².